The van der Waals surface area contributed by atoms with Crippen molar-refractivity contribution in [2.24, 2.45) is 0 Å². The van der Waals surface area contributed by atoms with Crippen LogP contribution in [0, 0.1) is 0 Å². The molecule has 5 heteroatoms. The third-order valence-electron chi connectivity index (χ3n) is 3.69. The zero-order chi connectivity index (χ0) is 12.1. The lowest BCUT2D eigenvalue weighted by Crippen LogP contribution is -2.53. The average Bonchev–Trinajstić information content (AvgIpc) is 2.37. The molecule has 2 unspecified atom stereocenters. The Bertz CT molecular complexity index is 357. The van der Waals surface area contributed by atoms with Crippen LogP contribution >= 0.6 is 0 Å². The van der Waals surface area contributed by atoms with Crippen molar-refractivity contribution >= 4 is 10.0 Å². The van der Waals surface area contributed by atoms with Crippen molar-refractivity contribution in [1.29, 1.82) is 0 Å². The van der Waals surface area contributed by atoms with Gasteiger partial charge in [-0.25, -0.2) is 8.42 Å². The van der Waals surface area contributed by atoms with Gasteiger partial charge in [0, 0.05) is 12.1 Å². The Kier molecular flexibility index (Phi) is 2.84. The van der Waals surface area contributed by atoms with Gasteiger partial charge in [0.1, 0.15) is 0 Å². The summed E-state index contributed by atoms with van der Waals surface area (Å²) in [5.74, 6) is 0. The summed E-state index contributed by atoms with van der Waals surface area (Å²) < 4.78 is 25.8. The van der Waals surface area contributed by atoms with Gasteiger partial charge in [0.15, 0.2) is 0 Å². The molecule has 2 saturated heterocycles. The Labute approximate surface area is 97.7 Å². The zero-order valence-electron chi connectivity index (χ0n) is 10.2. The maximum Gasteiger partial charge on any atom is 0.219 e. The van der Waals surface area contributed by atoms with Gasteiger partial charge in [-0.15, -0.1) is 0 Å². The summed E-state index contributed by atoms with van der Waals surface area (Å²) in [4.78, 5) is 0. The van der Waals surface area contributed by atoms with Gasteiger partial charge in [-0.05, 0) is 46.5 Å². The molecular formula is C11H21NO3S. The highest BCUT2D eigenvalue weighted by molar-refractivity contribution is 7.90. The molecule has 2 rings (SSSR count). The number of aliphatic hydroxyl groups is 1. The minimum Gasteiger partial charge on any atom is -0.393 e. The lowest BCUT2D eigenvalue weighted by molar-refractivity contribution is 0.0758. The molecule has 2 fully saturated rings. The summed E-state index contributed by atoms with van der Waals surface area (Å²) in [6, 6.07) is 0.0518. The second kappa shape index (κ2) is 3.68. The summed E-state index contributed by atoms with van der Waals surface area (Å²) >= 11 is 0. The molecule has 0 aromatic carbocycles. The molecule has 0 amide bonds. The molecule has 1 N–H and O–H groups in total. The molecule has 0 aromatic rings. The van der Waals surface area contributed by atoms with Crippen LogP contribution in [0.3, 0.4) is 0 Å². The van der Waals surface area contributed by atoms with Crippen molar-refractivity contribution in [3.05, 3.63) is 0 Å². The van der Waals surface area contributed by atoms with Gasteiger partial charge in [-0.1, -0.05) is 0 Å². The van der Waals surface area contributed by atoms with Gasteiger partial charge in [0.2, 0.25) is 10.0 Å². The first-order valence-corrected chi connectivity index (χ1v) is 7.38. The highest BCUT2D eigenvalue weighted by atomic mass is 32.2. The minimum absolute atomic E-state index is 0.0259. The largest absolute Gasteiger partial charge is 0.393 e. The van der Waals surface area contributed by atoms with Crippen molar-refractivity contribution in [2.75, 3.05) is 0 Å². The van der Waals surface area contributed by atoms with E-state index in [9.17, 15) is 13.5 Å². The molecule has 94 valence electrons. The molecule has 4 nitrogen and oxygen atoms in total. The van der Waals surface area contributed by atoms with Crippen LogP contribution in [0.5, 0.6) is 0 Å². The molecule has 2 aliphatic heterocycles. The van der Waals surface area contributed by atoms with E-state index in [-0.39, 0.29) is 18.2 Å². The van der Waals surface area contributed by atoms with Crippen LogP contribution in [0.25, 0.3) is 0 Å². The Morgan fingerprint density at radius 3 is 1.94 bits per heavy atom. The van der Waals surface area contributed by atoms with E-state index >= 15 is 0 Å². The van der Waals surface area contributed by atoms with Crippen molar-refractivity contribution in [3.8, 4) is 0 Å². The molecule has 0 saturated carbocycles. The smallest absolute Gasteiger partial charge is 0.219 e. The summed E-state index contributed by atoms with van der Waals surface area (Å²) in [5.41, 5.74) is 0. The lowest BCUT2D eigenvalue weighted by atomic mass is 10.0. The normalized spacial score (nSPS) is 36.6. The molecule has 0 spiro atoms. The zero-order valence-corrected chi connectivity index (χ0v) is 11.0. The van der Waals surface area contributed by atoms with Crippen LogP contribution in [-0.4, -0.2) is 40.8 Å². The molecular weight excluding hydrogens is 226 g/mol. The first-order chi connectivity index (χ1) is 7.23. The Morgan fingerprint density at radius 1 is 1.12 bits per heavy atom. The van der Waals surface area contributed by atoms with Gasteiger partial charge in [-0.2, -0.15) is 4.31 Å². The molecule has 0 aromatic heterocycles. The first-order valence-electron chi connectivity index (χ1n) is 5.94. The average molecular weight is 247 g/mol. The summed E-state index contributed by atoms with van der Waals surface area (Å²) in [6.07, 6.45) is 2.69. The van der Waals surface area contributed by atoms with E-state index in [1.165, 1.54) is 0 Å². The number of nitrogens with zero attached hydrogens (tertiary/aromatic N) is 1. The van der Waals surface area contributed by atoms with E-state index in [2.05, 4.69) is 0 Å². The highest BCUT2D eigenvalue weighted by Crippen LogP contribution is 2.40. The van der Waals surface area contributed by atoms with Crippen LogP contribution in [0.4, 0.5) is 0 Å². The van der Waals surface area contributed by atoms with E-state index in [0.29, 0.717) is 12.8 Å². The number of hydrogen-bond donors (Lipinski definition) is 1. The van der Waals surface area contributed by atoms with Crippen molar-refractivity contribution < 1.29 is 13.5 Å². The fraction of sp³-hybridized carbons (Fsp3) is 1.00. The van der Waals surface area contributed by atoms with Crippen molar-refractivity contribution in [2.45, 2.75) is 69.4 Å². The number of piperidine rings is 1. The number of rotatable bonds is 1. The van der Waals surface area contributed by atoms with E-state index < -0.39 is 14.8 Å². The standard InChI is InChI=1S/C11H21NO3S/c1-11(2,3)16(14,15)12-8-4-5-9(12)7-10(13)6-8/h8-10,13H,4-7H2,1-3H3. The van der Waals surface area contributed by atoms with E-state index in [1.807, 2.05) is 0 Å². The summed E-state index contributed by atoms with van der Waals surface area (Å²) in [7, 11) is -3.24. The molecule has 2 atom stereocenters. The first kappa shape index (κ1) is 12.3. The third kappa shape index (κ3) is 1.79. The Hall–Kier alpha value is -0.130. The van der Waals surface area contributed by atoms with Gasteiger partial charge in [0.25, 0.3) is 0 Å². The van der Waals surface area contributed by atoms with Crippen LogP contribution in [0.1, 0.15) is 46.5 Å². The lowest BCUT2D eigenvalue weighted by Gasteiger charge is -2.39. The van der Waals surface area contributed by atoms with Gasteiger partial charge in [-0.3, -0.25) is 0 Å². The predicted molar refractivity (Wildman–Crippen MR) is 62.6 cm³/mol. The summed E-state index contributed by atoms with van der Waals surface area (Å²) in [5, 5.41) is 9.65. The fourth-order valence-corrected chi connectivity index (χ4v) is 4.61. The number of aliphatic hydroxyl groups excluding tert-OH is 1. The fourth-order valence-electron chi connectivity index (χ4n) is 2.81. The number of sulfonamides is 1. The highest BCUT2D eigenvalue weighted by Gasteiger charge is 2.49. The SMILES string of the molecule is CC(C)(C)S(=O)(=O)N1C2CCC1CC(O)C2. The minimum atomic E-state index is -3.24. The topological polar surface area (TPSA) is 57.6 Å². The second-order valence-electron chi connectivity index (χ2n) is 5.96. The molecule has 0 aliphatic carbocycles. The van der Waals surface area contributed by atoms with Crippen LogP contribution in [0.15, 0.2) is 0 Å². The monoisotopic (exact) mass is 247 g/mol. The van der Waals surface area contributed by atoms with Crippen molar-refractivity contribution in [1.82, 2.24) is 4.31 Å². The Balaban J connectivity index is 2.31. The number of fused-ring (bicyclic) bond motifs is 2. The van der Waals surface area contributed by atoms with Crippen LogP contribution in [-0.2, 0) is 10.0 Å². The molecule has 2 aliphatic rings. The van der Waals surface area contributed by atoms with Crippen LogP contribution < -0.4 is 0 Å². The quantitative estimate of drug-likeness (QED) is 0.755. The van der Waals surface area contributed by atoms with E-state index in [1.54, 1.807) is 25.1 Å². The van der Waals surface area contributed by atoms with Gasteiger partial charge in [0.05, 0.1) is 10.9 Å². The van der Waals surface area contributed by atoms with Crippen LogP contribution in [0.2, 0.25) is 0 Å². The maximum absolute atomic E-state index is 12.4. The second-order valence-corrected chi connectivity index (χ2v) is 8.55. The maximum atomic E-state index is 12.4. The number of hydrogen-bond acceptors (Lipinski definition) is 3. The van der Waals surface area contributed by atoms with Crippen molar-refractivity contribution in [3.63, 3.8) is 0 Å². The molecule has 2 bridgehead atoms. The third-order valence-corrected chi connectivity index (χ3v) is 6.39. The Morgan fingerprint density at radius 2 is 1.56 bits per heavy atom. The predicted octanol–water partition coefficient (Wildman–Crippen LogP) is 1.10. The summed E-state index contributed by atoms with van der Waals surface area (Å²) in [6.45, 7) is 5.23. The van der Waals surface area contributed by atoms with Gasteiger partial charge < -0.3 is 5.11 Å². The molecule has 16 heavy (non-hydrogen) atoms. The molecule has 0 radical (unpaired) electrons. The van der Waals surface area contributed by atoms with Gasteiger partial charge >= 0.3 is 0 Å². The van der Waals surface area contributed by atoms with E-state index in [4.69, 9.17) is 0 Å². The van der Waals surface area contributed by atoms with E-state index in [0.717, 1.165) is 12.8 Å². The molecule has 2 heterocycles.